The number of nitrogens with one attached hydrogen (secondary N) is 2. The quantitative estimate of drug-likeness (QED) is 0.524. The van der Waals surface area contributed by atoms with E-state index in [1.807, 2.05) is 50.6 Å². The van der Waals surface area contributed by atoms with Crippen molar-refractivity contribution in [2.75, 3.05) is 7.11 Å². The molecule has 0 bridgehead atoms. The van der Waals surface area contributed by atoms with E-state index in [4.69, 9.17) is 4.74 Å². The van der Waals surface area contributed by atoms with E-state index in [-0.39, 0.29) is 17.7 Å². The number of aromatic nitrogens is 2. The molecule has 0 fully saturated rings. The van der Waals surface area contributed by atoms with Crippen molar-refractivity contribution >= 4 is 11.8 Å². The lowest BCUT2D eigenvalue weighted by Gasteiger charge is -2.22. The maximum Gasteiger partial charge on any atom is 0.251 e. The molecule has 1 atom stereocenters. The average molecular weight is 449 g/mol. The van der Waals surface area contributed by atoms with Gasteiger partial charge in [-0.05, 0) is 49.6 Å². The van der Waals surface area contributed by atoms with Crippen LogP contribution in [0.5, 0.6) is 5.75 Å². The molecule has 7 heteroatoms. The number of benzene rings is 2. The number of amides is 2. The van der Waals surface area contributed by atoms with Crippen LogP contribution in [0.15, 0.2) is 54.6 Å². The smallest absolute Gasteiger partial charge is 0.251 e. The molecule has 0 saturated heterocycles. The Hall–Kier alpha value is -3.61. The molecule has 33 heavy (non-hydrogen) atoms. The average Bonchev–Trinajstić information content (AvgIpc) is 3.08. The second-order valence-corrected chi connectivity index (χ2v) is 8.43. The van der Waals surface area contributed by atoms with E-state index in [1.54, 1.807) is 31.4 Å². The Morgan fingerprint density at radius 3 is 2.30 bits per heavy atom. The van der Waals surface area contributed by atoms with Crippen molar-refractivity contribution in [2.24, 2.45) is 5.92 Å². The molecule has 3 aromatic rings. The highest BCUT2D eigenvalue weighted by molar-refractivity contribution is 5.97. The Labute approximate surface area is 195 Å². The van der Waals surface area contributed by atoms with Crippen LogP contribution in [0.3, 0.4) is 0 Å². The number of carbonyl (C=O) groups excluding carboxylic acids is 2. The van der Waals surface area contributed by atoms with Gasteiger partial charge >= 0.3 is 0 Å². The van der Waals surface area contributed by atoms with Gasteiger partial charge in [0.05, 0.1) is 19.3 Å². The van der Waals surface area contributed by atoms with Gasteiger partial charge in [0, 0.05) is 23.4 Å². The third kappa shape index (κ3) is 6.00. The summed E-state index contributed by atoms with van der Waals surface area (Å²) in [6.45, 7) is 8.80. The van der Waals surface area contributed by atoms with Crippen LogP contribution in [0, 0.1) is 19.8 Å². The maximum absolute atomic E-state index is 13.0. The zero-order valence-corrected chi connectivity index (χ0v) is 19.9. The van der Waals surface area contributed by atoms with Crippen LogP contribution in [-0.2, 0) is 17.9 Å². The summed E-state index contributed by atoms with van der Waals surface area (Å²) in [5.74, 6) is 0.0782. The SMILES string of the molecule is COc1ccc(C(=O)NC(C(=O)NCc2c(C)nn(Cc3ccccc3)c2C)C(C)C)cc1. The fraction of sp³-hybridized carbons (Fsp3) is 0.346. The summed E-state index contributed by atoms with van der Waals surface area (Å²) < 4.78 is 7.09. The first-order valence-electron chi connectivity index (χ1n) is 11.1. The van der Waals surface area contributed by atoms with Gasteiger partial charge in [-0.1, -0.05) is 44.2 Å². The summed E-state index contributed by atoms with van der Waals surface area (Å²) in [6.07, 6.45) is 0. The maximum atomic E-state index is 13.0. The van der Waals surface area contributed by atoms with Gasteiger partial charge in [-0.15, -0.1) is 0 Å². The zero-order valence-electron chi connectivity index (χ0n) is 19.9. The molecular weight excluding hydrogens is 416 g/mol. The third-order valence-corrected chi connectivity index (χ3v) is 5.73. The molecule has 2 aromatic carbocycles. The zero-order chi connectivity index (χ0) is 24.0. The van der Waals surface area contributed by atoms with Gasteiger partial charge in [-0.25, -0.2) is 0 Å². The van der Waals surface area contributed by atoms with Crippen molar-refractivity contribution in [1.29, 1.82) is 0 Å². The third-order valence-electron chi connectivity index (χ3n) is 5.73. The highest BCUT2D eigenvalue weighted by atomic mass is 16.5. The fourth-order valence-corrected chi connectivity index (χ4v) is 3.69. The highest BCUT2D eigenvalue weighted by Gasteiger charge is 2.25. The highest BCUT2D eigenvalue weighted by Crippen LogP contribution is 2.16. The van der Waals surface area contributed by atoms with Gasteiger partial charge in [0.25, 0.3) is 5.91 Å². The number of rotatable bonds is 9. The van der Waals surface area contributed by atoms with Crippen LogP contribution in [0.25, 0.3) is 0 Å². The Morgan fingerprint density at radius 1 is 1.03 bits per heavy atom. The predicted octanol–water partition coefficient (Wildman–Crippen LogP) is 3.63. The van der Waals surface area contributed by atoms with Crippen molar-refractivity contribution < 1.29 is 14.3 Å². The monoisotopic (exact) mass is 448 g/mol. The second kappa shape index (κ2) is 10.8. The summed E-state index contributed by atoms with van der Waals surface area (Å²) >= 11 is 0. The number of carbonyl (C=O) groups is 2. The van der Waals surface area contributed by atoms with Gasteiger partial charge < -0.3 is 15.4 Å². The van der Waals surface area contributed by atoms with Gasteiger partial charge in [0.1, 0.15) is 11.8 Å². The lowest BCUT2D eigenvalue weighted by molar-refractivity contribution is -0.124. The minimum absolute atomic E-state index is 0.0739. The van der Waals surface area contributed by atoms with E-state index in [2.05, 4.69) is 27.9 Å². The van der Waals surface area contributed by atoms with Crippen LogP contribution >= 0.6 is 0 Å². The standard InChI is InChI=1S/C26H32N4O3/c1-17(2)24(28-25(31)21-11-13-22(33-5)14-12-21)26(32)27-15-23-18(3)29-30(19(23)4)16-20-9-7-6-8-10-20/h6-14,17,24H,15-16H2,1-5H3,(H,27,32)(H,28,31). The normalized spacial score (nSPS) is 11.8. The number of nitrogens with zero attached hydrogens (tertiary/aromatic N) is 2. The fourth-order valence-electron chi connectivity index (χ4n) is 3.69. The largest absolute Gasteiger partial charge is 0.497 e. The van der Waals surface area contributed by atoms with Crippen LogP contribution < -0.4 is 15.4 Å². The minimum atomic E-state index is -0.653. The van der Waals surface area contributed by atoms with Gasteiger partial charge in [0.2, 0.25) is 5.91 Å². The molecule has 0 aliphatic carbocycles. The van der Waals surface area contributed by atoms with E-state index >= 15 is 0 Å². The minimum Gasteiger partial charge on any atom is -0.497 e. The molecule has 0 aliphatic rings. The Kier molecular flexibility index (Phi) is 7.87. The number of aryl methyl sites for hydroxylation is 1. The first-order valence-corrected chi connectivity index (χ1v) is 11.1. The number of ether oxygens (including phenoxy) is 1. The van der Waals surface area contributed by atoms with Crippen LogP contribution in [-0.4, -0.2) is 34.7 Å². The molecule has 174 valence electrons. The van der Waals surface area contributed by atoms with E-state index in [1.165, 1.54) is 5.56 Å². The molecule has 1 unspecified atom stereocenters. The first-order chi connectivity index (χ1) is 15.8. The second-order valence-electron chi connectivity index (χ2n) is 8.43. The summed E-state index contributed by atoms with van der Waals surface area (Å²) in [4.78, 5) is 25.7. The lowest BCUT2D eigenvalue weighted by Crippen LogP contribution is -2.49. The van der Waals surface area contributed by atoms with Crippen molar-refractivity contribution in [3.63, 3.8) is 0 Å². The summed E-state index contributed by atoms with van der Waals surface area (Å²) in [7, 11) is 1.57. The van der Waals surface area contributed by atoms with E-state index in [0.29, 0.717) is 24.4 Å². The number of methoxy groups -OCH3 is 1. The molecule has 0 radical (unpaired) electrons. The molecule has 1 heterocycles. The van der Waals surface area contributed by atoms with Crippen molar-refractivity contribution in [2.45, 2.75) is 46.8 Å². The van der Waals surface area contributed by atoms with Gasteiger partial charge in [-0.2, -0.15) is 5.10 Å². The van der Waals surface area contributed by atoms with Crippen LogP contribution in [0.2, 0.25) is 0 Å². The first kappa shape index (κ1) is 24.0. The van der Waals surface area contributed by atoms with Gasteiger partial charge in [0.15, 0.2) is 0 Å². The molecule has 2 amide bonds. The predicted molar refractivity (Wildman–Crippen MR) is 128 cm³/mol. The summed E-state index contributed by atoms with van der Waals surface area (Å²) in [6, 6.07) is 16.3. The van der Waals surface area contributed by atoms with Crippen molar-refractivity contribution in [1.82, 2.24) is 20.4 Å². The molecular formula is C26H32N4O3. The van der Waals surface area contributed by atoms with E-state index < -0.39 is 6.04 Å². The molecule has 0 saturated carbocycles. The summed E-state index contributed by atoms with van der Waals surface area (Å²) in [5.41, 5.74) is 4.53. The summed E-state index contributed by atoms with van der Waals surface area (Å²) in [5, 5.41) is 10.5. The Bertz CT molecular complexity index is 1090. The number of hydrogen-bond acceptors (Lipinski definition) is 4. The molecule has 1 aromatic heterocycles. The molecule has 7 nitrogen and oxygen atoms in total. The molecule has 2 N–H and O–H groups in total. The lowest BCUT2D eigenvalue weighted by atomic mass is 10.0. The molecule has 3 rings (SSSR count). The van der Waals surface area contributed by atoms with Crippen molar-refractivity contribution in [3.8, 4) is 5.75 Å². The van der Waals surface area contributed by atoms with E-state index in [9.17, 15) is 9.59 Å². The van der Waals surface area contributed by atoms with Crippen LogP contribution in [0.1, 0.15) is 46.7 Å². The topological polar surface area (TPSA) is 85.2 Å². The Morgan fingerprint density at radius 2 is 1.70 bits per heavy atom. The van der Waals surface area contributed by atoms with Crippen molar-refractivity contribution in [3.05, 3.63) is 82.7 Å². The van der Waals surface area contributed by atoms with Gasteiger partial charge in [-0.3, -0.25) is 14.3 Å². The Balaban J connectivity index is 1.65. The molecule has 0 aliphatic heterocycles. The number of hydrogen-bond donors (Lipinski definition) is 2. The van der Waals surface area contributed by atoms with Crippen LogP contribution in [0.4, 0.5) is 0 Å². The molecule has 0 spiro atoms. The van der Waals surface area contributed by atoms with E-state index in [0.717, 1.165) is 17.0 Å².